The van der Waals surface area contributed by atoms with Gasteiger partial charge in [-0.2, -0.15) is 31.8 Å². The number of hydrogen-bond donors (Lipinski definition) is 0. The van der Waals surface area contributed by atoms with Crippen LogP contribution in [0.15, 0.2) is 60.1 Å². The van der Waals surface area contributed by atoms with Gasteiger partial charge < -0.3 is 4.18 Å². The molecule has 3 aromatic heterocycles. The van der Waals surface area contributed by atoms with Crippen LogP contribution < -0.4 is 9.61 Å². The first kappa shape index (κ1) is 25.8. The Bertz CT molecular complexity index is 1390. The molecule has 10 nitrogen and oxygen atoms in total. The molecule has 35 heavy (non-hydrogen) atoms. The molecule has 1 aliphatic rings. The third kappa shape index (κ3) is 6.62. The molecule has 0 fully saturated rings. The Kier molecular flexibility index (Phi) is 7.84. The van der Waals surface area contributed by atoms with Gasteiger partial charge in [-0.25, -0.2) is 14.6 Å². The number of hydrogen-bond acceptors (Lipinski definition) is 8. The smallest absolute Gasteiger partial charge is 0.373 e. The molecule has 0 bridgehead atoms. The Balaban J connectivity index is 0.000000203. The fraction of sp³-hybridized carbons (Fsp3) is 0.286. The van der Waals surface area contributed by atoms with Crippen LogP contribution in [0.4, 0.5) is 13.2 Å². The summed E-state index contributed by atoms with van der Waals surface area (Å²) in [5.41, 5.74) is -3.35. The molecule has 0 aliphatic heterocycles. The minimum Gasteiger partial charge on any atom is -0.373 e. The van der Waals surface area contributed by atoms with Crippen molar-refractivity contribution in [1.82, 2.24) is 29.5 Å². The number of rotatable bonds is 5. The largest absolute Gasteiger partial charge is 0.534 e. The van der Waals surface area contributed by atoms with Gasteiger partial charge in [0.2, 0.25) is 5.43 Å². The quantitative estimate of drug-likeness (QED) is 0.379. The molecule has 0 unspecified atom stereocenters. The third-order valence-corrected chi connectivity index (χ3v) is 5.52. The molecule has 4 rings (SSSR count). The van der Waals surface area contributed by atoms with Crippen LogP contribution in [0.2, 0.25) is 0 Å². The molecule has 3 aromatic rings. The van der Waals surface area contributed by atoms with Crippen molar-refractivity contribution in [3.8, 4) is 11.4 Å². The van der Waals surface area contributed by atoms with Gasteiger partial charge in [0, 0.05) is 24.9 Å². The molecule has 3 heterocycles. The van der Waals surface area contributed by atoms with E-state index in [4.69, 9.17) is 0 Å². The predicted octanol–water partition coefficient (Wildman–Crippen LogP) is 2.97. The number of allylic oxidation sites excluding steroid dienone is 4. The van der Waals surface area contributed by atoms with Crippen molar-refractivity contribution in [2.24, 2.45) is 7.05 Å². The van der Waals surface area contributed by atoms with Crippen LogP contribution in [-0.4, -0.2) is 43.5 Å². The van der Waals surface area contributed by atoms with Crippen molar-refractivity contribution < 1.29 is 25.8 Å². The second-order valence-corrected chi connectivity index (χ2v) is 8.70. The number of halogens is 3. The number of nitrogens with zero attached hydrogens (tertiary/aromatic N) is 6. The van der Waals surface area contributed by atoms with Crippen LogP contribution in [0.25, 0.3) is 11.3 Å². The lowest BCUT2D eigenvalue weighted by molar-refractivity contribution is -0.0500. The van der Waals surface area contributed by atoms with Crippen LogP contribution >= 0.6 is 0 Å². The van der Waals surface area contributed by atoms with Gasteiger partial charge >= 0.3 is 15.6 Å². The van der Waals surface area contributed by atoms with Crippen molar-refractivity contribution in [3.05, 3.63) is 77.0 Å². The van der Waals surface area contributed by atoms with Crippen LogP contribution in [0.3, 0.4) is 0 Å². The Morgan fingerprint density at radius 1 is 1.14 bits per heavy atom. The highest BCUT2D eigenvalue weighted by Crippen LogP contribution is 2.26. The summed E-state index contributed by atoms with van der Waals surface area (Å²) >= 11 is 0. The predicted molar refractivity (Wildman–Crippen MR) is 120 cm³/mol. The van der Waals surface area contributed by atoms with Crippen molar-refractivity contribution in [2.75, 3.05) is 0 Å². The van der Waals surface area contributed by atoms with Crippen LogP contribution in [-0.2, 0) is 23.6 Å². The summed E-state index contributed by atoms with van der Waals surface area (Å²) < 4.78 is 65.2. The number of aromatic nitrogens is 6. The molecule has 0 N–H and O–H groups in total. The average Bonchev–Trinajstić information content (AvgIpc) is 3.26. The summed E-state index contributed by atoms with van der Waals surface area (Å²) in [4.78, 5) is 18.9. The standard InChI is InChI=1S/C11H9F3N2O3S.C10H12N4O/c12-11(13,14)20(17,18)19-9-6-15-10(16-7-9)8-4-2-1-3-5-8;1-3-9-10(15)4-5-14(12-9)8-6-11-13(2)7-8/h2,4-7H,1,3H2;4-7H,3H2,1-2H3. The van der Waals surface area contributed by atoms with Gasteiger partial charge in [-0.3, -0.25) is 9.48 Å². The molecule has 0 saturated carbocycles. The lowest BCUT2D eigenvalue weighted by Gasteiger charge is -2.09. The van der Waals surface area contributed by atoms with Crippen LogP contribution in [0, 0.1) is 0 Å². The van der Waals surface area contributed by atoms with E-state index in [2.05, 4.69) is 24.3 Å². The van der Waals surface area contributed by atoms with E-state index in [0.29, 0.717) is 12.1 Å². The van der Waals surface area contributed by atoms with E-state index in [9.17, 15) is 26.4 Å². The molecule has 1 aliphatic carbocycles. The maximum Gasteiger partial charge on any atom is 0.534 e. The molecule has 0 amide bonds. The first-order valence-electron chi connectivity index (χ1n) is 10.3. The molecule has 0 saturated heterocycles. The third-order valence-electron chi connectivity index (χ3n) is 4.54. The van der Waals surface area contributed by atoms with Crippen molar-refractivity contribution >= 4 is 15.7 Å². The molecule has 0 radical (unpaired) electrons. The normalized spacial score (nSPS) is 13.6. The summed E-state index contributed by atoms with van der Waals surface area (Å²) in [6, 6.07) is 1.53. The van der Waals surface area contributed by atoms with Gasteiger partial charge in [0.1, 0.15) is 11.4 Å². The first-order valence-corrected chi connectivity index (χ1v) is 11.7. The lowest BCUT2D eigenvalue weighted by Crippen LogP contribution is -2.28. The maximum atomic E-state index is 12.1. The SMILES string of the molecule is CCc1nn(-c2cnn(C)c2)ccc1=O.O=S(=O)(Oc1cnc(C2=CCCC=C2)nc1)C(F)(F)F. The van der Waals surface area contributed by atoms with Crippen LogP contribution in [0.1, 0.15) is 31.3 Å². The van der Waals surface area contributed by atoms with Gasteiger partial charge in [0.05, 0.1) is 24.8 Å². The second kappa shape index (κ2) is 10.6. The fourth-order valence-electron chi connectivity index (χ4n) is 2.82. The van der Waals surface area contributed by atoms with Crippen molar-refractivity contribution in [1.29, 1.82) is 0 Å². The molecule has 0 aromatic carbocycles. The molecule has 186 valence electrons. The van der Waals surface area contributed by atoms with Gasteiger partial charge in [0.15, 0.2) is 11.6 Å². The van der Waals surface area contributed by atoms with Crippen LogP contribution in [0.5, 0.6) is 5.75 Å². The zero-order valence-electron chi connectivity index (χ0n) is 18.7. The summed E-state index contributed by atoms with van der Waals surface area (Å²) in [6.45, 7) is 1.91. The summed E-state index contributed by atoms with van der Waals surface area (Å²) in [6.07, 6.45) is 14.9. The van der Waals surface area contributed by atoms with E-state index in [1.807, 2.05) is 32.3 Å². The van der Waals surface area contributed by atoms with Crippen molar-refractivity contribution in [2.45, 2.75) is 31.7 Å². The van der Waals surface area contributed by atoms with Gasteiger partial charge in [-0.15, -0.1) is 0 Å². The van der Waals surface area contributed by atoms with E-state index in [1.54, 1.807) is 27.8 Å². The Hall–Kier alpha value is -3.81. The highest BCUT2D eigenvalue weighted by atomic mass is 32.2. The molecule has 0 spiro atoms. The summed E-state index contributed by atoms with van der Waals surface area (Å²) in [7, 11) is -3.86. The number of aryl methyl sites for hydroxylation is 2. The minimum atomic E-state index is -5.70. The molecule has 0 atom stereocenters. The summed E-state index contributed by atoms with van der Waals surface area (Å²) in [5.74, 6) is -0.302. The van der Waals surface area contributed by atoms with E-state index in [-0.39, 0.29) is 11.3 Å². The summed E-state index contributed by atoms with van der Waals surface area (Å²) in [5, 5.41) is 8.27. The second-order valence-electron chi connectivity index (χ2n) is 7.16. The first-order chi connectivity index (χ1) is 16.5. The zero-order chi connectivity index (χ0) is 25.6. The number of alkyl halides is 3. The van der Waals surface area contributed by atoms with Gasteiger partial charge in [-0.1, -0.05) is 25.2 Å². The van der Waals surface area contributed by atoms with Gasteiger partial charge in [0.25, 0.3) is 0 Å². The Labute approximate surface area is 198 Å². The molecule has 14 heteroatoms. The minimum absolute atomic E-state index is 0.0161. The van der Waals surface area contributed by atoms with Crippen molar-refractivity contribution in [3.63, 3.8) is 0 Å². The lowest BCUT2D eigenvalue weighted by atomic mass is 10.1. The van der Waals surface area contributed by atoms with E-state index >= 15 is 0 Å². The van der Waals surface area contributed by atoms with E-state index in [1.165, 1.54) is 6.07 Å². The Morgan fingerprint density at radius 2 is 1.86 bits per heavy atom. The monoisotopic (exact) mass is 510 g/mol. The molecular formula is C21H21F3N6O4S. The zero-order valence-corrected chi connectivity index (χ0v) is 19.5. The highest BCUT2D eigenvalue weighted by molar-refractivity contribution is 7.88. The molecular weight excluding hydrogens is 489 g/mol. The Morgan fingerprint density at radius 3 is 2.40 bits per heavy atom. The fourth-order valence-corrected chi connectivity index (χ4v) is 3.26. The highest BCUT2D eigenvalue weighted by Gasteiger charge is 2.48. The average molecular weight is 510 g/mol. The van der Waals surface area contributed by atoms with E-state index in [0.717, 1.165) is 36.5 Å². The maximum absolute atomic E-state index is 12.1. The van der Waals surface area contributed by atoms with E-state index < -0.39 is 21.4 Å². The van der Waals surface area contributed by atoms with Gasteiger partial charge in [-0.05, 0) is 19.3 Å². The topological polar surface area (TPSA) is 122 Å².